The second kappa shape index (κ2) is 16.1. The SMILES string of the molecule is CC(C)(C)ONC(=O)CCCCCN1C(Nc2ccc(-c3ccccc3)cc2)=Nc2ccccc2C1CC(=O)NCc1ccccc1. The van der Waals surface area contributed by atoms with Crippen LogP contribution in [0.25, 0.3) is 11.1 Å². The van der Waals surface area contributed by atoms with Gasteiger partial charge in [0.25, 0.3) is 0 Å². The van der Waals surface area contributed by atoms with E-state index in [1.807, 2.05) is 87.5 Å². The van der Waals surface area contributed by atoms with E-state index in [0.29, 0.717) is 25.5 Å². The van der Waals surface area contributed by atoms with E-state index in [1.54, 1.807) is 0 Å². The van der Waals surface area contributed by atoms with Crippen molar-refractivity contribution in [3.63, 3.8) is 0 Å². The average molecular weight is 632 g/mol. The minimum absolute atomic E-state index is 0.0253. The van der Waals surface area contributed by atoms with Crippen LogP contribution in [0.1, 0.15) is 70.0 Å². The van der Waals surface area contributed by atoms with Gasteiger partial charge in [-0.15, -0.1) is 0 Å². The van der Waals surface area contributed by atoms with Gasteiger partial charge in [0, 0.05) is 30.8 Å². The first-order valence-corrected chi connectivity index (χ1v) is 16.4. The third-order valence-electron chi connectivity index (χ3n) is 7.90. The first-order chi connectivity index (χ1) is 22.7. The molecule has 244 valence electrons. The minimum Gasteiger partial charge on any atom is -0.352 e. The van der Waals surface area contributed by atoms with Crippen LogP contribution >= 0.6 is 0 Å². The maximum absolute atomic E-state index is 13.4. The number of hydrogen-bond donors (Lipinski definition) is 3. The van der Waals surface area contributed by atoms with Crippen LogP contribution in [0.4, 0.5) is 11.4 Å². The van der Waals surface area contributed by atoms with Crippen LogP contribution in [0.15, 0.2) is 114 Å². The highest BCUT2D eigenvalue weighted by Gasteiger charge is 2.31. The molecule has 1 unspecified atom stereocenters. The smallest absolute Gasteiger partial charge is 0.243 e. The number of guanidine groups is 1. The number of nitrogens with zero attached hydrogens (tertiary/aromatic N) is 2. The third-order valence-corrected chi connectivity index (χ3v) is 7.90. The Morgan fingerprint density at radius 1 is 0.766 bits per heavy atom. The number of fused-ring (bicyclic) bond motifs is 1. The van der Waals surface area contributed by atoms with E-state index < -0.39 is 5.60 Å². The fourth-order valence-electron chi connectivity index (χ4n) is 5.50. The van der Waals surface area contributed by atoms with Crippen molar-refractivity contribution in [1.29, 1.82) is 0 Å². The van der Waals surface area contributed by atoms with Gasteiger partial charge in [0.2, 0.25) is 17.8 Å². The van der Waals surface area contributed by atoms with E-state index in [1.165, 1.54) is 0 Å². The summed E-state index contributed by atoms with van der Waals surface area (Å²) in [4.78, 5) is 38.3. The van der Waals surface area contributed by atoms with Gasteiger partial charge in [0.05, 0.1) is 23.8 Å². The predicted molar refractivity (Wildman–Crippen MR) is 189 cm³/mol. The van der Waals surface area contributed by atoms with Crippen molar-refractivity contribution in [3.8, 4) is 11.1 Å². The Labute approximate surface area is 278 Å². The first-order valence-electron chi connectivity index (χ1n) is 16.4. The zero-order valence-electron chi connectivity index (χ0n) is 27.5. The normalized spacial score (nSPS) is 14.1. The largest absolute Gasteiger partial charge is 0.352 e. The molecule has 1 heterocycles. The van der Waals surface area contributed by atoms with E-state index in [4.69, 9.17) is 9.83 Å². The lowest BCUT2D eigenvalue weighted by Gasteiger charge is -2.38. The topological polar surface area (TPSA) is 95.1 Å². The van der Waals surface area contributed by atoms with Gasteiger partial charge in [-0.2, -0.15) is 0 Å². The molecule has 0 saturated carbocycles. The lowest BCUT2D eigenvalue weighted by molar-refractivity contribution is -0.145. The van der Waals surface area contributed by atoms with Gasteiger partial charge in [-0.05, 0) is 68.5 Å². The van der Waals surface area contributed by atoms with Crippen LogP contribution in [0.3, 0.4) is 0 Å². The summed E-state index contributed by atoms with van der Waals surface area (Å²) in [5.74, 6) is 0.554. The zero-order chi connectivity index (χ0) is 33.1. The maximum Gasteiger partial charge on any atom is 0.243 e. The fraction of sp³-hybridized carbons (Fsp3) is 0.308. The summed E-state index contributed by atoms with van der Waals surface area (Å²) in [6.45, 7) is 6.83. The Morgan fingerprint density at radius 3 is 2.15 bits per heavy atom. The van der Waals surface area contributed by atoms with Gasteiger partial charge in [-0.1, -0.05) is 97.4 Å². The molecule has 8 heteroatoms. The standard InChI is InChI=1S/C39H45N5O3/c1-39(2,3)47-43-36(45)21-11-6-14-26-44-35(27-37(46)40-28-29-15-7-4-8-16-29)33-19-12-13-20-34(33)42-38(44)41-32-24-22-31(23-25-32)30-17-9-5-10-18-30/h4-5,7-10,12-13,15-20,22-25,35H,6,11,14,21,26-28H2,1-3H3,(H,40,46)(H,41,42)(H,43,45). The summed E-state index contributed by atoms with van der Waals surface area (Å²) < 4.78 is 0. The average Bonchev–Trinajstić information content (AvgIpc) is 3.08. The van der Waals surface area contributed by atoms with E-state index in [-0.39, 0.29) is 24.3 Å². The number of nitrogens with one attached hydrogen (secondary N) is 3. The number of hydrogen-bond acceptors (Lipinski definition) is 6. The van der Waals surface area contributed by atoms with Crippen LogP contribution in [0.2, 0.25) is 0 Å². The van der Waals surface area contributed by atoms with Crippen LogP contribution in [-0.4, -0.2) is 34.8 Å². The number of carbonyl (C=O) groups is 2. The quantitative estimate of drug-likeness (QED) is 0.103. The summed E-state index contributed by atoms with van der Waals surface area (Å²) in [6, 6.07) is 36.4. The molecule has 0 spiro atoms. The van der Waals surface area contributed by atoms with E-state index in [0.717, 1.165) is 52.9 Å². The van der Waals surface area contributed by atoms with Gasteiger partial charge in [-0.25, -0.2) is 10.5 Å². The van der Waals surface area contributed by atoms with Crippen molar-refractivity contribution in [3.05, 3.63) is 120 Å². The predicted octanol–water partition coefficient (Wildman–Crippen LogP) is 7.92. The minimum atomic E-state index is -0.437. The van der Waals surface area contributed by atoms with Gasteiger partial charge < -0.3 is 15.5 Å². The van der Waals surface area contributed by atoms with Crippen LogP contribution in [0, 0.1) is 0 Å². The number of para-hydroxylation sites is 1. The zero-order valence-corrected chi connectivity index (χ0v) is 27.5. The summed E-state index contributed by atoms with van der Waals surface area (Å²) >= 11 is 0. The Bertz CT molecular complexity index is 1630. The van der Waals surface area contributed by atoms with Crippen molar-refractivity contribution in [2.45, 2.75) is 71.1 Å². The van der Waals surface area contributed by atoms with Crippen LogP contribution < -0.4 is 16.1 Å². The van der Waals surface area contributed by atoms with E-state index >= 15 is 0 Å². The van der Waals surface area contributed by atoms with Crippen LogP contribution in [0.5, 0.6) is 0 Å². The summed E-state index contributed by atoms with van der Waals surface area (Å²) in [6.07, 6.45) is 3.06. The Hall–Kier alpha value is -4.95. The third kappa shape index (κ3) is 10.0. The lowest BCUT2D eigenvalue weighted by Crippen LogP contribution is -2.43. The van der Waals surface area contributed by atoms with Gasteiger partial charge in [-0.3, -0.25) is 14.4 Å². The van der Waals surface area contributed by atoms with Crippen molar-refractivity contribution in [2.75, 3.05) is 11.9 Å². The molecule has 47 heavy (non-hydrogen) atoms. The molecule has 3 N–H and O–H groups in total. The number of amides is 2. The fourth-order valence-corrected chi connectivity index (χ4v) is 5.50. The molecule has 0 aromatic heterocycles. The number of unbranched alkanes of at least 4 members (excludes halogenated alkanes) is 2. The van der Waals surface area contributed by atoms with Crippen molar-refractivity contribution in [2.24, 2.45) is 4.99 Å². The molecule has 5 rings (SSSR count). The molecule has 0 radical (unpaired) electrons. The van der Waals surface area contributed by atoms with Gasteiger partial charge in [0.1, 0.15) is 0 Å². The highest BCUT2D eigenvalue weighted by atomic mass is 16.7. The molecule has 0 bridgehead atoms. The van der Waals surface area contributed by atoms with Crippen LogP contribution in [-0.2, 0) is 21.0 Å². The second-order valence-corrected chi connectivity index (χ2v) is 12.8. The molecule has 1 aliphatic heterocycles. The van der Waals surface area contributed by atoms with Crippen molar-refractivity contribution in [1.82, 2.24) is 15.7 Å². The van der Waals surface area contributed by atoms with Gasteiger partial charge in [0.15, 0.2) is 0 Å². The molecule has 2 amide bonds. The molecular formula is C39H45N5O3. The number of aliphatic imine (C=N–C) groups is 1. The number of rotatable bonds is 13. The Kier molecular flexibility index (Phi) is 11.4. The monoisotopic (exact) mass is 631 g/mol. The highest BCUT2D eigenvalue weighted by molar-refractivity contribution is 5.98. The molecule has 0 fully saturated rings. The molecule has 4 aromatic carbocycles. The number of anilines is 1. The molecule has 0 saturated heterocycles. The first kappa shape index (κ1) is 33.4. The summed E-state index contributed by atoms with van der Waals surface area (Å²) in [7, 11) is 0. The number of benzene rings is 4. The maximum atomic E-state index is 13.4. The van der Waals surface area contributed by atoms with Crippen molar-refractivity contribution < 1.29 is 14.4 Å². The second-order valence-electron chi connectivity index (χ2n) is 12.8. The Morgan fingerprint density at radius 2 is 1.43 bits per heavy atom. The van der Waals surface area contributed by atoms with E-state index in [2.05, 4.69) is 63.5 Å². The summed E-state index contributed by atoms with van der Waals surface area (Å²) in [5, 5.41) is 6.68. The molecule has 8 nitrogen and oxygen atoms in total. The van der Waals surface area contributed by atoms with Gasteiger partial charge >= 0.3 is 0 Å². The Balaban J connectivity index is 1.31. The molecule has 1 atom stereocenters. The number of hydroxylamine groups is 1. The molecule has 4 aromatic rings. The highest BCUT2D eigenvalue weighted by Crippen LogP contribution is 2.37. The molecule has 1 aliphatic rings. The lowest BCUT2D eigenvalue weighted by atomic mass is 9.97. The molecule has 0 aliphatic carbocycles. The van der Waals surface area contributed by atoms with Crippen molar-refractivity contribution >= 4 is 29.1 Å². The molecular weight excluding hydrogens is 586 g/mol. The number of carbonyl (C=O) groups excluding carboxylic acids is 2. The summed E-state index contributed by atoms with van der Waals surface area (Å²) in [5.41, 5.74) is 8.24. The van der Waals surface area contributed by atoms with E-state index in [9.17, 15) is 9.59 Å².